The predicted octanol–water partition coefficient (Wildman–Crippen LogP) is 4.55. The number of thioether (sulfide) groups is 1. The molecule has 8 heteroatoms. The van der Waals surface area contributed by atoms with Crippen LogP contribution in [-0.4, -0.2) is 35.6 Å². The molecule has 26 heavy (non-hydrogen) atoms. The van der Waals surface area contributed by atoms with Gasteiger partial charge in [0.25, 0.3) is 11.7 Å². The third-order valence-corrected chi connectivity index (χ3v) is 5.89. The summed E-state index contributed by atoms with van der Waals surface area (Å²) in [5, 5.41) is 4.63. The van der Waals surface area contributed by atoms with Gasteiger partial charge in [-0.1, -0.05) is 30.0 Å². The highest BCUT2D eigenvalue weighted by molar-refractivity contribution is 7.99. The van der Waals surface area contributed by atoms with Crippen molar-refractivity contribution >= 4 is 40.6 Å². The average Bonchev–Trinajstić information content (AvgIpc) is 3.17. The Morgan fingerprint density at radius 1 is 1.15 bits per heavy atom. The normalized spacial score (nSPS) is 15.3. The number of piperidine rings is 1. The maximum atomic E-state index is 12.6. The van der Waals surface area contributed by atoms with E-state index in [9.17, 15) is 18.4 Å². The Balaban J connectivity index is 1.57. The predicted molar refractivity (Wildman–Crippen MR) is 99.9 cm³/mol. The van der Waals surface area contributed by atoms with Gasteiger partial charge < -0.3 is 10.2 Å². The first-order valence-electron chi connectivity index (χ1n) is 8.22. The molecule has 1 saturated heterocycles. The van der Waals surface area contributed by atoms with Crippen LogP contribution in [0.2, 0.25) is 0 Å². The molecule has 138 valence electrons. The van der Waals surface area contributed by atoms with E-state index in [1.807, 2.05) is 11.4 Å². The van der Waals surface area contributed by atoms with Crippen molar-refractivity contribution < 1.29 is 18.4 Å². The first kappa shape index (κ1) is 18.8. The lowest BCUT2D eigenvalue weighted by molar-refractivity contribution is -0.121. The lowest BCUT2D eigenvalue weighted by Gasteiger charge is -2.31. The van der Waals surface area contributed by atoms with Gasteiger partial charge >= 0.3 is 0 Å². The minimum absolute atomic E-state index is 0.00228. The van der Waals surface area contributed by atoms with Gasteiger partial charge in [0.1, 0.15) is 0 Å². The van der Waals surface area contributed by atoms with Crippen molar-refractivity contribution in [1.82, 2.24) is 4.90 Å². The van der Waals surface area contributed by atoms with Crippen molar-refractivity contribution in [2.45, 2.75) is 23.5 Å². The maximum Gasteiger partial charge on any atom is 0.288 e. The van der Waals surface area contributed by atoms with Gasteiger partial charge in [0.05, 0.1) is 10.6 Å². The largest absolute Gasteiger partial charge is 0.338 e. The van der Waals surface area contributed by atoms with Gasteiger partial charge in [-0.2, -0.15) is 8.78 Å². The molecular weight excluding hydrogens is 378 g/mol. The fourth-order valence-corrected chi connectivity index (χ4v) is 4.19. The summed E-state index contributed by atoms with van der Waals surface area (Å²) in [6.07, 6.45) is 1.13. The lowest BCUT2D eigenvalue weighted by Crippen LogP contribution is -2.41. The smallest absolute Gasteiger partial charge is 0.288 e. The molecule has 2 aromatic rings. The second-order valence-corrected chi connectivity index (χ2v) is 7.89. The highest BCUT2D eigenvalue weighted by Crippen LogP contribution is 2.32. The number of likely N-dealkylation sites (tertiary alicyclic amines) is 1. The van der Waals surface area contributed by atoms with Crippen molar-refractivity contribution in [2.75, 3.05) is 18.4 Å². The van der Waals surface area contributed by atoms with Crippen molar-refractivity contribution in [3.05, 3.63) is 46.7 Å². The summed E-state index contributed by atoms with van der Waals surface area (Å²) in [6, 6.07) is 10.2. The van der Waals surface area contributed by atoms with Gasteiger partial charge in [-0.25, -0.2) is 0 Å². The number of hydrogen-bond acceptors (Lipinski definition) is 4. The van der Waals surface area contributed by atoms with Crippen LogP contribution >= 0.6 is 23.1 Å². The number of carbonyl (C=O) groups is 2. The Bertz CT molecular complexity index is 760. The van der Waals surface area contributed by atoms with E-state index in [1.54, 1.807) is 35.2 Å². The lowest BCUT2D eigenvalue weighted by atomic mass is 9.95. The highest BCUT2D eigenvalue weighted by atomic mass is 32.2. The van der Waals surface area contributed by atoms with Crippen LogP contribution in [0.25, 0.3) is 0 Å². The van der Waals surface area contributed by atoms with Crippen LogP contribution in [-0.2, 0) is 4.79 Å². The maximum absolute atomic E-state index is 12.6. The van der Waals surface area contributed by atoms with Crippen LogP contribution in [0.15, 0.2) is 46.7 Å². The van der Waals surface area contributed by atoms with Crippen LogP contribution in [0, 0.1) is 5.92 Å². The molecule has 2 heterocycles. The van der Waals surface area contributed by atoms with E-state index in [1.165, 1.54) is 11.3 Å². The van der Waals surface area contributed by atoms with Crippen LogP contribution < -0.4 is 5.32 Å². The molecule has 1 aromatic heterocycles. The molecule has 1 fully saturated rings. The number of para-hydroxylation sites is 1. The van der Waals surface area contributed by atoms with Gasteiger partial charge in [0.15, 0.2) is 0 Å². The standard InChI is InChI=1S/C18H18F2N2O2S2/c19-18(20)26-14-5-2-1-4-13(14)21-16(23)12-7-9-22(10-8-12)17(24)15-6-3-11-25-15/h1-6,11-12,18H,7-10H2,(H,21,23). The quantitative estimate of drug-likeness (QED) is 0.754. The van der Waals surface area contributed by atoms with Crippen molar-refractivity contribution in [1.29, 1.82) is 0 Å². The molecule has 2 amide bonds. The van der Waals surface area contributed by atoms with Gasteiger partial charge in [-0.05, 0) is 36.4 Å². The summed E-state index contributed by atoms with van der Waals surface area (Å²) >= 11 is 1.82. The minimum Gasteiger partial charge on any atom is -0.338 e. The fourth-order valence-electron chi connectivity index (χ4n) is 2.90. The van der Waals surface area contributed by atoms with Gasteiger partial charge in [-0.15, -0.1) is 11.3 Å². The molecule has 3 rings (SSSR count). The first-order chi connectivity index (χ1) is 12.5. The average molecular weight is 396 g/mol. The Kier molecular flexibility index (Phi) is 6.26. The van der Waals surface area contributed by atoms with Crippen LogP contribution in [0.3, 0.4) is 0 Å². The topological polar surface area (TPSA) is 49.4 Å². The minimum atomic E-state index is -2.54. The Morgan fingerprint density at radius 3 is 2.54 bits per heavy atom. The molecule has 1 aromatic carbocycles. The first-order valence-corrected chi connectivity index (χ1v) is 9.98. The fraction of sp³-hybridized carbons (Fsp3) is 0.333. The van der Waals surface area contributed by atoms with Crippen LogP contribution in [0.4, 0.5) is 14.5 Å². The second-order valence-electron chi connectivity index (χ2n) is 5.91. The monoisotopic (exact) mass is 396 g/mol. The van der Waals surface area contributed by atoms with Gasteiger partial charge in [0.2, 0.25) is 5.91 Å². The Hall–Kier alpha value is -1.93. The van der Waals surface area contributed by atoms with E-state index in [2.05, 4.69) is 5.32 Å². The number of carbonyl (C=O) groups excluding carboxylic acids is 2. The third kappa shape index (κ3) is 4.62. The molecule has 0 bridgehead atoms. The van der Waals surface area contributed by atoms with E-state index < -0.39 is 5.76 Å². The van der Waals surface area contributed by atoms with Gasteiger partial charge in [-0.3, -0.25) is 9.59 Å². The number of nitrogens with zero attached hydrogens (tertiary/aromatic N) is 1. The van der Waals surface area contributed by atoms with E-state index in [0.717, 1.165) is 0 Å². The zero-order valence-electron chi connectivity index (χ0n) is 13.9. The number of rotatable bonds is 5. The van der Waals surface area contributed by atoms with Crippen LogP contribution in [0.1, 0.15) is 22.5 Å². The molecular formula is C18H18F2N2O2S2. The molecule has 1 aliphatic rings. The summed E-state index contributed by atoms with van der Waals surface area (Å²) in [4.78, 5) is 27.6. The molecule has 0 radical (unpaired) electrons. The SMILES string of the molecule is O=C(Nc1ccccc1SC(F)F)C1CCN(C(=O)c2cccs2)CC1. The molecule has 0 spiro atoms. The number of amides is 2. The number of anilines is 1. The second kappa shape index (κ2) is 8.64. The summed E-state index contributed by atoms with van der Waals surface area (Å²) in [6.45, 7) is 1.03. The van der Waals surface area contributed by atoms with Crippen LogP contribution in [0.5, 0.6) is 0 Å². The highest BCUT2D eigenvalue weighted by Gasteiger charge is 2.28. The number of thiophene rings is 1. The van der Waals surface area contributed by atoms with Crippen molar-refractivity contribution in [3.8, 4) is 0 Å². The molecule has 0 unspecified atom stereocenters. The van der Waals surface area contributed by atoms with Gasteiger partial charge in [0, 0.05) is 23.9 Å². The number of halogens is 2. The number of benzene rings is 1. The summed E-state index contributed by atoms with van der Waals surface area (Å²) in [7, 11) is 0. The number of nitrogens with one attached hydrogen (secondary N) is 1. The van der Waals surface area contributed by atoms with Crippen molar-refractivity contribution in [3.63, 3.8) is 0 Å². The summed E-state index contributed by atoms with van der Waals surface area (Å²) in [5.74, 6) is -2.96. The van der Waals surface area contributed by atoms with Crippen molar-refractivity contribution in [2.24, 2.45) is 5.92 Å². The Labute approximate surface area is 158 Å². The molecule has 1 aliphatic heterocycles. The molecule has 1 N–H and O–H groups in total. The van der Waals surface area contributed by atoms with E-state index >= 15 is 0 Å². The molecule has 4 nitrogen and oxygen atoms in total. The Morgan fingerprint density at radius 2 is 1.88 bits per heavy atom. The van der Waals surface area contributed by atoms with E-state index in [4.69, 9.17) is 0 Å². The zero-order valence-corrected chi connectivity index (χ0v) is 15.5. The summed E-state index contributed by atoms with van der Waals surface area (Å²) < 4.78 is 25.3. The molecule has 0 atom stereocenters. The van der Waals surface area contributed by atoms with E-state index in [0.29, 0.717) is 53.2 Å². The van der Waals surface area contributed by atoms with E-state index in [-0.39, 0.29) is 17.7 Å². The zero-order chi connectivity index (χ0) is 18.5. The molecule has 0 saturated carbocycles. The third-order valence-electron chi connectivity index (χ3n) is 4.25. The number of hydrogen-bond donors (Lipinski definition) is 1. The number of alkyl halides is 2. The summed E-state index contributed by atoms with van der Waals surface area (Å²) in [5.41, 5.74) is 0.403. The molecule has 0 aliphatic carbocycles.